The lowest BCUT2D eigenvalue weighted by Crippen LogP contribution is -2.47. The largest absolute Gasteiger partial charge is 0.444 e. The summed E-state index contributed by atoms with van der Waals surface area (Å²) in [6, 6.07) is 7.59. The molecule has 0 bridgehead atoms. The number of benzene rings is 1. The van der Waals surface area contributed by atoms with E-state index in [9.17, 15) is 9.59 Å². The second-order valence-electron chi connectivity index (χ2n) is 7.04. The van der Waals surface area contributed by atoms with Crippen LogP contribution >= 0.6 is 0 Å². The summed E-state index contributed by atoms with van der Waals surface area (Å²) in [5, 5.41) is 2.92. The Hall–Kier alpha value is -2.04. The predicted molar refractivity (Wildman–Crippen MR) is 89.0 cm³/mol. The Labute approximate surface area is 138 Å². The summed E-state index contributed by atoms with van der Waals surface area (Å²) >= 11 is 0. The third-order valence-electron chi connectivity index (χ3n) is 3.77. The van der Waals surface area contributed by atoms with Crippen LogP contribution in [0.4, 0.5) is 4.79 Å². The Morgan fingerprint density at radius 2 is 1.91 bits per heavy atom. The van der Waals surface area contributed by atoms with Crippen LogP contribution in [0.25, 0.3) is 0 Å². The van der Waals surface area contributed by atoms with Gasteiger partial charge in [-0.25, -0.2) is 4.79 Å². The smallest absolute Gasteiger partial charge is 0.410 e. The van der Waals surface area contributed by atoms with E-state index in [1.165, 1.54) is 10.5 Å². The Bertz CT molecular complexity index is 561. The third-order valence-corrected chi connectivity index (χ3v) is 3.77. The van der Waals surface area contributed by atoms with Crippen molar-refractivity contribution in [3.8, 4) is 0 Å². The maximum Gasteiger partial charge on any atom is 0.410 e. The van der Waals surface area contributed by atoms with Crippen molar-refractivity contribution in [2.24, 2.45) is 0 Å². The number of carbonyl (C=O) groups is 2. The first-order valence-electron chi connectivity index (χ1n) is 8.09. The van der Waals surface area contributed by atoms with Crippen molar-refractivity contribution in [3.05, 3.63) is 35.4 Å². The number of aryl methyl sites for hydroxylation is 1. The lowest BCUT2D eigenvalue weighted by Gasteiger charge is -2.28. The number of rotatable bonds is 3. The van der Waals surface area contributed by atoms with Crippen molar-refractivity contribution < 1.29 is 14.3 Å². The van der Waals surface area contributed by atoms with Crippen LogP contribution < -0.4 is 5.32 Å². The highest BCUT2D eigenvalue weighted by Crippen LogP contribution is 2.21. The molecule has 23 heavy (non-hydrogen) atoms. The molecular formula is C18H26N2O3. The van der Waals surface area contributed by atoms with Gasteiger partial charge in [0.2, 0.25) is 5.91 Å². The van der Waals surface area contributed by atoms with Gasteiger partial charge >= 0.3 is 6.09 Å². The molecule has 1 heterocycles. The van der Waals surface area contributed by atoms with Gasteiger partial charge in [0.1, 0.15) is 11.6 Å². The van der Waals surface area contributed by atoms with E-state index in [2.05, 4.69) is 5.32 Å². The first-order chi connectivity index (χ1) is 10.8. The molecule has 1 fully saturated rings. The maximum absolute atomic E-state index is 12.4. The van der Waals surface area contributed by atoms with Gasteiger partial charge in [-0.1, -0.05) is 29.8 Å². The van der Waals surface area contributed by atoms with Crippen LogP contribution in [0.2, 0.25) is 0 Å². The quantitative estimate of drug-likeness (QED) is 0.932. The number of hydrogen-bond donors (Lipinski definition) is 1. The molecule has 0 aliphatic carbocycles. The number of hydrogen-bond acceptors (Lipinski definition) is 3. The molecule has 5 heteroatoms. The average Bonchev–Trinajstić information content (AvgIpc) is 2.94. The van der Waals surface area contributed by atoms with E-state index in [1.54, 1.807) is 0 Å². The minimum Gasteiger partial charge on any atom is -0.444 e. The highest BCUT2D eigenvalue weighted by atomic mass is 16.6. The molecule has 0 radical (unpaired) electrons. The van der Waals surface area contributed by atoms with Crippen molar-refractivity contribution in [1.29, 1.82) is 0 Å². The van der Waals surface area contributed by atoms with E-state index in [0.717, 1.165) is 12.0 Å². The van der Waals surface area contributed by atoms with Crippen LogP contribution in [-0.4, -0.2) is 35.1 Å². The first kappa shape index (κ1) is 17.3. The number of likely N-dealkylation sites (tertiary alicyclic amines) is 1. The van der Waals surface area contributed by atoms with Gasteiger partial charge in [0, 0.05) is 13.1 Å². The zero-order valence-electron chi connectivity index (χ0n) is 14.4. The molecule has 126 valence electrons. The van der Waals surface area contributed by atoms with Crippen LogP contribution in [0.1, 0.15) is 44.7 Å². The highest BCUT2D eigenvalue weighted by Gasteiger charge is 2.36. The summed E-state index contributed by atoms with van der Waals surface area (Å²) in [5.41, 5.74) is 1.68. The van der Waals surface area contributed by atoms with E-state index in [1.807, 2.05) is 52.0 Å². The molecule has 1 unspecified atom stereocenters. The van der Waals surface area contributed by atoms with Crippen LogP contribution in [0.3, 0.4) is 0 Å². The normalized spacial score (nSPS) is 17.9. The topological polar surface area (TPSA) is 58.6 Å². The molecule has 1 N–H and O–H groups in total. The van der Waals surface area contributed by atoms with Gasteiger partial charge < -0.3 is 10.1 Å². The fourth-order valence-electron chi connectivity index (χ4n) is 2.59. The number of carbonyl (C=O) groups excluding carboxylic acids is 2. The SMILES string of the molecule is Cc1ccc(CNC(=O)C2CCCN2C(=O)OC(C)(C)C)cc1. The van der Waals surface area contributed by atoms with Crippen LogP contribution in [0.15, 0.2) is 24.3 Å². The maximum atomic E-state index is 12.4. The fourth-order valence-corrected chi connectivity index (χ4v) is 2.59. The third kappa shape index (κ3) is 4.98. The van der Waals surface area contributed by atoms with E-state index >= 15 is 0 Å². The average molecular weight is 318 g/mol. The zero-order chi connectivity index (χ0) is 17.0. The molecule has 0 spiro atoms. The zero-order valence-corrected chi connectivity index (χ0v) is 14.4. The molecule has 1 aromatic rings. The Morgan fingerprint density at radius 3 is 2.52 bits per heavy atom. The summed E-state index contributed by atoms with van der Waals surface area (Å²) in [6.45, 7) is 8.54. The molecule has 0 saturated carbocycles. The summed E-state index contributed by atoms with van der Waals surface area (Å²) in [7, 11) is 0. The van der Waals surface area contributed by atoms with Crippen molar-refractivity contribution in [2.75, 3.05) is 6.54 Å². The van der Waals surface area contributed by atoms with Gasteiger partial charge in [-0.15, -0.1) is 0 Å². The Kier molecular flexibility index (Phi) is 5.29. The summed E-state index contributed by atoms with van der Waals surface area (Å²) < 4.78 is 5.38. The molecule has 1 saturated heterocycles. The minimum atomic E-state index is -0.553. The fraction of sp³-hybridized carbons (Fsp3) is 0.556. The van der Waals surface area contributed by atoms with E-state index < -0.39 is 17.7 Å². The van der Waals surface area contributed by atoms with Crippen molar-refractivity contribution in [3.63, 3.8) is 0 Å². The second kappa shape index (κ2) is 7.02. The van der Waals surface area contributed by atoms with E-state index in [0.29, 0.717) is 19.5 Å². The van der Waals surface area contributed by atoms with Gasteiger partial charge in [-0.3, -0.25) is 9.69 Å². The molecule has 1 atom stereocenters. The van der Waals surface area contributed by atoms with Crippen molar-refractivity contribution in [1.82, 2.24) is 10.2 Å². The summed E-state index contributed by atoms with van der Waals surface area (Å²) in [6.07, 6.45) is 1.09. The van der Waals surface area contributed by atoms with Crippen molar-refractivity contribution >= 4 is 12.0 Å². The Morgan fingerprint density at radius 1 is 1.26 bits per heavy atom. The molecule has 2 amide bonds. The van der Waals surface area contributed by atoms with Gasteiger partial charge in [0.15, 0.2) is 0 Å². The van der Waals surface area contributed by atoms with E-state index in [-0.39, 0.29) is 5.91 Å². The van der Waals surface area contributed by atoms with Crippen LogP contribution in [-0.2, 0) is 16.1 Å². The molecule has 5 nitrogen and oxygen atoms in total. The molecule has 1 aliphatic rings. The van der Waals surface area contributed by atoms with Gasteiger partial charge in [0.05, 0.1) is 0 Å². The standard InChI is InChI=1S/C18H26N2O3/c1-13-7-9-14(10-8-13)12-19-16(21)15-6-5-11-20(15)17(22)23-18(2,3)4/h7-10,15H,5-6,11-12H2,1-4H3,(H,19,21). The number of nitrogens with zero attached hydrogens (tertiary/aromatic N) is 1. The highest BCUT2D eigenvalue weighted by molar-refractivity contribution is 5.86. The summed E-state index contributed by atoms with van der Waals surface area (Å²) in [5.74, 6) is -0.117. The lowest BCUT2D eigenvalue weighted by molar-refractivity contribution is -0.125. The molecule has 0 aromatic heterocycles. The molecular weight excluding hydrogens is 292 g/mol. The lowest BCUT2D eigenvalue weighted by atomic mass is 10.1. The number of amides is 2. The minimum absolute atomic E-state index is 0.117. The Balaban J connectivity index is 1.92. The number of ether oxygens (including phenoxy) is 1. The second-order valence-corrected chi connectivity index (χ2v) is 7.04. The van der Waals surface area contributed by atoms with Gasteiger partial charge in [-0.05, 0) is 46.1 Å². The monoisotopic (exact) mass is 318 g/mol. The number of nitrogens with one attached hydrogen (secondary N) is 1. The first-order valence-corrected chi connectivity index (χ1v) is 8.09. The molecule has 1 aliphatic heterocycles. The summed E-state index contributed by atoms with van der Waals surface area (Å²) in [4.78, 5) is 26.2. The van der Waals surface area contributed by atoms with E-state index in [4.69, 9.17) is 4.74 Å². The van der Waals surface area contributed by atoms with Gasteiger partial charge in [-0.2, -0.15) is 0 Å². The van der Waals surface area contributed by atoms with Crippen molar-refractivity contribution in [2.45, 2.75) is 58.7 Å². The van der Waals surface area contributed by atoms with Crippen LogP contribution in [0.5, 0.6) is 0 Å². The van der Waals surface area contributed by atoms with Crippen LogP contribution in [0, 0.1) is 6.92 Å². The van der Waals surface area contributed by atoms with Gasteiger partial charge in [0.25, 0.3) is 0 Å². The predicted octanol–water partition coefficient (Wildman–Crippen LogP) is 3.01. The molecule has 1 aromatic carbocycles. The molecule has 2 rings (SSSR count).